The van der Waals surface area contributed by atoms with Gasteiger partial charge >= 0.3 is 5.97 Å². The van der Waals surface area contributed by atoms with Crippen LogP contribution in [0.5, 0.6) is 0 Å². The number of nitrogens with zero attached hydrogens (tertiary/aromatic N) is 2. The molecule has 1 amide bonds. The molecule has 0 spiro atoms. The molecule has 2 rings (SSSR count). The Hall–Kier alpha value is -2.11. The van der Waals surface area contributed by atoms with Gasteiger partial charge in [-0.25, -0.2) is 9.78 Å². The molecular weight excluding hydrogens is 306 g/mol. The second-order valence-corrected chi connectivity index (χ2v) is 6.75. The van der Waals surface area contributed by atoms with E-state index in [9.17, 15) is 14.7 Å². The number of carboxylic acid groups (broad SMARTS) is 1. The van der Waals surface area contributed by atoms with Gasteiger partial charge in [-0.05, 0) is 36.8 Å². The van der Waals surface area contributed by atoms with Gasteiger partial charge in [-0.2, -0.15) is 0 Å². The molecule has 0 unspecified atom stereocenters. The van der Waals surface area contributed by atoms with Crippen molar-refractivity contribution in [3.63, 3.8) is 0 Å². The molecule has 0 aromatic carbocycles. The molecule has 1 aliphatic rings. The molecule has 6 heteroatoms. The second kappa shape index (κ2) is 8.13. The lowest BCUT2D eigenvalue weighted by atomic mass is 9.99. The van der Waals surface area contributed by atoms with Crippen molar-refractivity contribution in [1.82, 2.24) is 10.3 Å². The zero-order chi connectivity index (χ0) is 17.7. The van der Waals surface area contributed by atoms with Crippen LogP contribution in [0.1, 0.15) is 50.4 Å². The Bertz CT molecular complexity index is 565. The average molecular weight is 333 g/mol. The van der Waals surface area contributed by atoms with E-state index in [1.165, 1.54) is 6.20 Å². The van der Waals surface area contributed by atoms with Gasteiger partial charge in [0.05, 0.1) is 5.56 Å². The van der Waals surface area contributed by atoms with Gasteiger partial charge in [-0.15, -0.1) is 0 Å². The fraction of sp³-hybridized carbons (Fsp3) is 0.611. The minimum Gasteiger partial charge on any atom is -0.480 e. The van der Waals surface area contributed by atoms with E-state index >= 15 is 0 Å². The Morgan fingerprint density at radius 3 is 2.54 bits per heavy atom. The third kappa shape index (κ3) is 4.46. The van der Waals surface area contributed by atoms with Gasteiger partial charge in [0.25, 0.3) is 5.91 Å². The minimum atomic E-state index is -1.01. The van der Waals surface area contributed by atoms with E-state index in [2.05, 4.69) is 22.1 Å². The summed E-state index contributed by atoms with van der Waals surface area (Å²) < 4.78 is 0. The molecule has 2 heterocycles. The Balaban J connectivity index is 2.01. The molecule has 1 fully saturated rings. The number of nitrogens with one attached hydrogen (secondary N) is 1. The quantitative estimate of drug-likeness (QED) is 0.836. The third-order valence-corrected chi connectivity index (χ3v) is 4.88. The molecule has 2 atom stereocenters. The summed E-state index contributed by atoms with van der Waals surface area (Å²) in [4.78, 5) is 30.2. The number of carboxylic acids is 1. The Morgan fingerprint density at radius 1 is 1.38 bits per heavy atom. The van der Waals surface area contributed by atoms with Crippen LogP contribution >= 0.6 is 0 Å². The van der Waals surface area contributed by atoms with Gasteiger partial charge < -0.3 is 15.3 Å². The normalized spacial score (nSPS) is 18.0. The molecular formula is C18H27N3O3. The maximum absolute atomic E-state index is 12.3. The van der Waals surface area contributed by atoms with E-state index in [0.29, 0.717) is 12.0 Å². The molecule has 132 valence electrons. The highest BCUT2D eigenvalue weighted by atomic mass is 16.4. The highest BCUT2D eigenvalue weighted by Crippen LogP contribution is 2.21. The van der Waals surface area contributed by atoms with Crippen molar-refractivity contribution >= 4 is 17.7 Å². The monoisotopic (exact) mass is 333 g/mol. The fourth-order valence-electron chi connectivity index (χ4n) is 2.85. The van der Waals surface area contributed by atoms with E-state index in [4.69, 9.17) is 0 Å². The van der Waals surface area contributed by atoms with Crippen molar-refractivity contribution in [3.8, 4) is 0 Å². The van der Waals surface area contributed by atoms with Crippen LogP contribution in [-0.4, -0.2) is 41.1 Å². The van der Waals surface area contributed by atoms with Crippen LogP contribution in [0.2, 0.25) is 0 Å². The summed E-state index contributed by atoms with van der Waals surface area (Å²) in [7, 11) is 0. The van der Waals surface area contributed by atoms with E-state index in [0.717, 1.165) is 37.7 Å². The summed E-state index contributed by atoms with van der Waals surface area (Å²) >= 11 is 0. The largest absolute Gasteiger partial charge is 0.480 e. The zero-order valence-electron chi connectivity index (χ0n) is 14.7. The van der Waals surface area contributed by atoms with Crippen LogP contribution in [0.15, 0.2) is 18.3 Å². The first-order valence-corrected chi connectivity index (χ1v) is 8.67. The molecule has 0 radical (unpaired) electrons. The number of aromatic nitrogens is 1. The van der Waals surface area contributed by atoms with Crippen molar-refractivity contribution in [2.45, 2.75) is 46.1 Å². The molecule has 1 aliphatic heterocycles. The third-order valence-electron chi connectivity index (χ3n) is 4.88. The standard InChI is InChI=1S/C18H27N3O3/c1-4-13(3)16(18(23)24)20-17(22)14-5-6-15(19-11-14)21-9-7-12(2)8-10-21/h5-6,11-13,16H,4,7-10H2,1-3H3,(H,20,22)(H,23,24)/t13-,16-/m0/s1. The second-order valence-electron chi connectivity index (χ2n) is 6.75. The number of rotatable bonds is 6. The number of anilines is 1. The first-order valence-electron chi connectivity index (χ1n) is 8.67. The molecule has 0 saturated carbocycles. The minimum absolute atomic E-state index is 0.131. The molecule has 1 aromatic rings. The number of amides is 1. The first-order chi connectivity index (χ1) is 11.4. The maximum Gasteiger partial charge on any atom is 0.326 e. The lowest BCUT2D eigenvalue weighted by molar-refractivity contribution is -0.140. The summed E-state index contributed by atoms with van der Waals surface area (Å²) in [6, 6.07) is 2.67. The molecule has 2 N–H and O–H groups in total. The lowest BCUT2D eigenvalue weighted by Crippen LogP contribution is -2.45. The summed E-state index contributed by atoms with van der Waals surface area (Å²) in [5.41, 5.74) is 0.388. The number of carbonyl (C=O) groups is 2. The Labute approximate surface area is 143 Å². The smallest absolute Gasteiger partial charge is 0.326 e. The predicted molar refractivity (Wildman–Crippen MR) is 93.2 cm³/mol. The number of hydrogen-bond acceptors (Lipinski definition) is 4. The Morgan fingerprint density at radius 2 is 2.04 bits per heavy atom. The Kier molecular flexibility index (Phi) is 6.17. The van der Waals surface area contributed by atoms with Gasteiger partial charge in [0.2, 0.25) is 0 Å². The van der Waals surface area contributed by atoms with Gasteiger partial charge in [-0.3, -0.25) is 4.79 Å². The van der Waals surface area contributed by atoms with Gasteiger partial charge in [0, 0.05) is 19.3 Å². The van der Waals surface area contributed by atoms with Crippen LogP contribution in [0, 0.1) is 11.8 Å². The number of hydrogen-bond donors (Lipinski definition) is 2. The van der Waals surface area contributed by atoms with Crippen molar-refractivity contribution in [3.05, 3.63) is 23.9 Å². The van der Waals surface area contributed by atoms with E-state index < -0.39 is 17.9 Å². The van der Waals surface area contributed by atoms with Gasteiger partial charge in [0.1, 0.15) is 11.9 Å². The number of pyridine rings is 1. The van der Waals surface area contributed by atoms with Crippen molar-refractivity contribution in [1.29, 1.82) is 0 Å². The van der Waals surface area contributed by atoms with Crippen molar-refractivity contribution < 1.29 is 14.7 Å². The van der Waals surface area contributed by atoms with Gasteiger partial charge in [0.15, 0.2) is 0 Å². The topological polar surface area (TPSA) is 82.5 Å². The molecule has 24 heavy (non-hydrogen) atoms. The zero-order valence-corrected chi connectivity index (χ0v) is 14.7. The molecule has 1 aromatic heterocycles. The van der Waals surface area contributed by atoms with Crippen molar-refractivity contribution in [2.24, 2.45) is 11.8 Å². The van der Waals surface area contributed by atoms with Crippen LogP contribution in [0.25, 0.3) is 0 Å². The number of carbonyl (C=O) groups excluding carboxylic acids is 1. The van der Waals surface area contributed by atoms with E-state index in [1.54, 1.807) is 6.07 Å². The molecule has 0 aliphatic carbocycles. The highest BCUT2D eigenvalue weighted by Gasteiger charge is 2.26. The highest BCUT2D eigenvalue weighted by molar-refractivity contribution is 5.96. The lowest BCUT2D eigenvalue weighted by Gasteiger charge is -2.31. The first kappa shape index (κ1) is 18.2. The summed E-state index contributed by atoms with van der Waals surface area (Å²) in [6.45, 7) is 7.94. The fourth-order valence-corrected chi connectivity index (χ4v) is 2.85. The van der Waals surface area contributed by atoms with Crippen LogP contribution < -0.4 is 10.2 Å². The van der Waals surface area contributed by atoms with Crippen LogP contribution in [0.3, 0.4) is 0 Å². The van der Waals surface area contributed by atoms with Crippen LogP contribution in [-0.2, 0) is 4.79 Å². The van der Waals surface area contributed by atoms with Crippen LogP contribution in [0.4, 0.5) is 5.82 Å². The average Bonchev–Trinajstić information content (AvgIpc) is 2.59. The number of aliphatic carboxylic acids is 1. The predicted octanol–water partition coefficient (Wildman–Crippen LogP) is 2.55. The molecule has 0 bridgehead atoms. The van der Waals surface area contributed by atoms with Crippen molar-refractivity contribution in [2.75, 3.05) is 18.0 Å². The SMILES string of the molecule is CC[C@H](C)[C@H](NC(=O)c1ccc(N2CCC(C)CC2)nc1)C(=O)O. The maximum atomic E-state index is 12.3. The van der Waals surface area contributed by atoms with E-state index in [1.807, 2.05) is 19.9 Å². The van der Waals surface area contributed by atoms with E-state index in [-0.39, 0.29) is 5.92 Å². The number of piperidine rings is 1. The van der Waals surface area contributed by atoms with Gasteiger partial charge in [-0.1, -0.05) is 27.2 Å². The summed E-state index contributed by atoms with van der Waals surface area (Å²) in [5, 5.41) is 11.9. The molecule has 1 saturated heterocycles. The summed E-state index contributed by atoms with van der Waals surface area (Å²) in [5.74, 6) is 0.0859. The molecule has 6 nitrogen and oxygen atoms in total. The summed E-state index contributed by atoms with van der Waals surface area (Å²) in [6.07, 6.45) is 4.51.